The van der Waals surface area contributed by atoms with Gasteiger partial charge in [0, 0.05) is 13.8 Å². The topological polar surface area (TPSA) is 112 Å². The van der Waals surface area contributed by atoms with Gasteiger partial charge in [-0.3, -0.25) is 14.6 Å². The highest BCUT2D eigenvalue weighted by molar-refractivity contribution is 5.85. The highest BCUT2D eigenvalue weighted by atomic mass is 19.1. The number of rotatable bonds is 4. The molecule has 1 atom stereocenters. The Kier molecular flexibility index (Phi) is 4.94. The van der Waals surface area contributed by atoms with Gasteiger partial charge in [-0.25, -0.2) is 9.37 Å². The maximum absolute atomic E-state index is 13.3. The zero-order valence-corrected chi connectivity index (χ0v) is 14.7. The number of aromatic amines is 1. The smallest absolute Gasteiger partial charge is 0.252 e. The van der Waals surface area contributed by atoms with Crippen molar-refractivity contribution in [1.29, 1.82) is 5.26 Å². The molecular formula is C19H20FN5O2. The molecule has 0 saturated heterocycles. The van der Waals surface area contributed by atoms with Crippen LogP contribution in [-0.4, -0.2) is 20.9 Å². The van der Waals surface area contributed by atoms with E-state index < -0.39 is 17.4 Å². The number of nitriles is 1. The summed E-state index contributed by atoms with van der Waals surface area (Å²) < 4.78 is 13.3. The second-order valence-corrected chi connectivity index (χ2v) is 6.15. The Labute approximate surface area is 156 Å². The van der Waals surface area contributed by atoms with Crippen LogP contribution in [0.1, 0.15) is 38.3 Å². The predicted molar refractivity (Wildman–Crippen MR) is 101 cm³/mol. The molecule has 1 amide bonds. The van der Waals surface area contributed by atoms with Crippen LogP contribution in [0.3, 0.4) is 0 Å². The summed E-state index contributed by atoms with van der Waals surface area (Å²) >= 11 is 0. The van der Waals surface area contributed by atoms with Gasteiger partial charge in [-0.05, 0) is 37.6 Å². The third-order valence-corrected chi connectivity index (χ3v) is 4.31. The first-order valence-electron chi connectivity index (χ1n) is 8.21. The van der Waals surface area contributed by atoms with Crippen molar-refractivity contribution < 1.29 is 12.0 Å². The normalized spacial score (nSPS) is 11.8. The third-order valence-electron chi connectivity index (χ3n) is 4.31. The first-order chi connectivity index (χ1) is 12.9. The van der Waals surface area contributed by atoms with Gasteiger partial charge in [0.2, 0.25) is 5.91 Å². The minimum absolute atomic E-state index is 0. The first-order valence-corrected chi connectivity index (χ1v) is 8.21. The summed E-state index contributed by atoms with van der Waals surface area (Å²) in [7, 11) is 0. The molecule has 0 unspecified atom stereocenters. The summed E-state index contributed by atoms with van der Waals surface area (Å²) in [6.07, 6.45) is 2.63. The van der Waals surface area contributed by atoms with Crippen LogP contribution in [0.5, 0.6) is 0 Å². The molecular weight excluding hydrogens is 349 g/mol. The molecule has 0 saturated carbocycles. The molecule has 2 aromatic heterocycles. The first kappa shape index (κ1) is 18.2. The SMILES string of the molecule is Cc1c(CC(=O)N[C@@H](C)c2cnc(C#N)cn2)c(=O)[nH]c2cc(F)ccc12.[HH].[HH]. The fourth-order valence-electron chi connectivity index (χ4n) is 2.84. The molecule has 140 valence electrons. The number of carbonyl (C=O) groups is 1. The van der Waals surface area contributed by atoms with E-state index in [1.165, 1.54) is 24.5 Å². The van der Waals surface area contributed by atoms with Gasteiger partial charge >= 0.3 is 0 Å². The van der Waals surface area contributed by atoms with E-state index in [0.717, 1.165) is 0 Å². The zero-order chi connectivity index (χ0) is 19.6. The van der Waals surface area contributed by atoms with Crippen LogP contribution in [0, 0.1) is 24.1 Å². The fourth-order valence-corrected chi connectivity index (χ4v) is 2.84. The molecule has 2 heterocycles. The number of nitrogens with zero attached hydrogens (tertiary/aromatic N) is 3. The van der Waals surface area contributed by atoms with Gasteiger partial charge in [0.1, 0.15) is 11.9 Å². The summed E-state index contributed by atoms with van der Waals surface area (Å²) in [5, 5.41) is 12.2. The molecule has 0 aliphatic heterocycles. The van der Waals surface area contributed by atoms with Crippen LogP contribution in [-0.2, 0) is 11.2 Å². The van der Waals surface area contributed by atoms with Crippen molar-refractivity contribution in [2.24, 2.45) is 0 Å². The van der Waals surface area contributed by atoms with E-state index in [0.29, 0.717) is 27.7 Å². The average Bonchev–Trinajstić information content (AvgIpc) is 2.65. The lowest BCUT2D eigenvalue weighted by Gasteiger charge is -2.14. The molecule has 0 radical (unpaired) electrons. The number of aromatic nitrogens is 3. The van der Waals surface area contributed by atoms with Crippen molar-refractivity contribution in [1.82, 2.24) is 20.3 Å². The lowest BCUT2D eigenvalue weighted by atomic mass is 10.0. The molecule has 27 heavy (non-hydrogen) atoms. The van der Waals surface area contributed by atoms with Crippen LogP contribution >= 0.6 is 0 Å². The van der Waals surface area contributed by atoms with E-state index in [-0.39, 0.29) is 20.9 Å². The van der Waals surface area contributed by atoms with Gasteiger partial charge in [0.25, 0.3) is 5.56 Å². The largest absolute Gasteiger partial charge is 0.348 e. The molecule has 8 heteroatoms. The Balaban J connectivity index is 0.00000210. The van der Waals surface area contributed by atoms with Crippen LogP contribution in [0.25, 0.3) is 10.9 Å². The zero-order valence-electron chi connectivity index (χ0n) is 14.7. The summed E-state index contributed by atoms with van der Waals surface area (Å²) in [5.41, 5.74) is 1.61. The number of benzene rings is 1. The van der Waals surface area contributed by atoms with E-state index in [2.05, 4.69) is 20.3 Å². The summed E-state index contributed by atoms with van der Waals surface area (Å²) in [4.78, 5) is 35.3. The number of hydrogen-bond acceptors (Lipinski definition) is 5. The summed E-state index contributed by atoms with van der Waals surface area (Å²) in [6.45, 7) is 3.46. The molecule has 1 aromatic carbocycles. The summed E-state index contributed by atoms with van der Waals surface area (Å²) in [5.74, 6) is -0.802. The maximum Gasteiger partial charge on any atom is 0.252 e. The molecule has 0 aliphatic carbocycles. The number of H-pyrrole nitrogens is 1. The fraction of sp³-hybridized carbons (Fsp3) is 0.211. The minimum atomic E-state index is -0.444. The van der Waals surface area contributed by atoms with E-state index in [1.54, 1.807) is 19.9 Å². The van der Waals surface area contributed by atoms with Gasteiger partial charge in [-0.2, -0.15) is 5.26 Å². The Morgan fingerprint density at radius 1 is 1.41 bits per heavy atom. The van der Waals surface area contributed by atoms with E-state index >= 15 is 0 Å². The van der Waals surface area contributed by atoms with Crippen molar-refractivity contribution in [3.63, 3.8) is 0 Å². The number of carbonyl (C=O) groups excluding carboxylic acids is 1. The Bertz CT molecular complexity index is 1130. The Morgan fingerprint density at radius 2 is 2.19 bits per heavy atom. The van der Waals surface area contributed by atoms with Crippen LogP contribution in [0.15, 0.2) is 35.4 Å². The lowest BCUT2D eigenvalue weighted by molar-refractivity contribution is -0.121. The number of amides is 1. The van der Waals surface area contributed by atoms with Crippen molar-refractivity contribution in [3.8, 4) is 6.07 Å². The molecule has 0 fully saturated rings. The molecule has 0 aliphatic rings. The Morgan fingerprint density at radius 3 is 2.85 bits per heavy atom. The van der Waals surface area contributed by atoms with E-state index in [1.807, 2.05) is 6.07 Å². The van der Waals surface area contributed by atoms with Gasteiger partial charge < -0.3 is 10.3 Å². The second kappa shape index (κ2) is 7.33. The molecule has 7 nitrogen and oxygen atoms in total. The lowest BCUT2D eigenvalue weighted by Crippen LogP contribution is -2.31. The van der Waals surface area contributed by atoms with Crippen molar-refractivity contribution >= 4 is 16.8 Å². The summed E-state index contributed by atoms with van der Waals surface area (Å²) in [6, 6.07) is 5.57. The Hall–Kier alpha value is -3.60. The average molecular weight is 369 g/mol. The van der Waals surface area contributed by atoms with Crippen molar-refractivity contribution in [2.75, 3.05) is 0 Å². The number of hydrogen-bond donors (Lipinski definition) is 2. The molecule has 2 N–H and O–H groups in total. The van der Waals surface area contributed by atoms with Crippen molar-refractivity contribution in [3.05, 3.63) is 69.3 Å². The van der Waals surface area contributed by atoms with Gasteiger partial charge in [-0.1, -0.05) is 0 Å². The number of fused-ring (bicyclic) bond motifs is 1. The van der Waals surface area contributed by atoms with Gasteiger partial charge in [0.15, 0.2) is 5.69 Å². The number of halogens is 1. The maximum atomic E-state index is 13.3. The number of pyridine rings is 1. The highest BCUT2D eigenvalue weighted by Crippen LogP contribution is 2.19. The van der Waals surface area contributed by atoms with E-state index in [4.69, 9.17) is 5.26 Å². The minimum Gasteiger partial charge on any atom is -0.348 e. The predicted octanol–water partition coefficient (Wildman–Crippen LogP) is 2.55. The molecule has 0 bridgehead atoms. The van der Waals surface area contributed by atoms with E-state index in [9.17, 15) is 14.0 Å². The van der Waals surface area contributed by atoms with Crippen LogP contribution < -0.4 is 10.9 Å². The quantitative estimate of drug-likeness (QED) is 0.734. The number of nitrogens with one attached hydrogen (secondary N) is 2. The third kappa shape index (κ3) is 3.82. The molecule has 3 aromatic rings. The van der Waals surface area contributed by atoms with Crippen LogP contribution in [0.2, 0.25) is 0 Å². The van der Waals surface area contributed by atoms with Gasteiger partial charge in [0.05, 0.1) is 36.1 Å². The van der Waals surface area contributed by atoms with Gasteiger partial charge in [-0.15, -0.1) is 0 Å². The molecule has 0 spiro atoms. The van der Waals surface area contributed by atoms with Crippen molar-refractivity contribution in [2.45, 2.75) is 26.3 Å². The van der Waals surface area contributed by atoms with Crippen LogP contribution in [0.4, 0.5) is 4.39 Å². The highest BCUT2D eigenvalue weighted by Gasteiger charge is 2.16. The standard InChI is InChI=1S/C19H16FN5O2.2H2/c1-10-14-4-3-12(20)5-16(14)25-19(27)15(10)6-18(26)24-11(2)17-9-22-13(7-21)8-23-17;;/h3-5,8-9,11H,6H2,1-2H3,(H,24,26)(H,25,27);2*1H/t11-;;/m0../s1. The molecule has 3 rings (SSSR count). The number of aryl methyl sites for hydroxylation is 1. The monoisotopic (exact) mass is 369 g/mol. The second-order valence-electron chi connectivity index (χ2n) is 6.15.